The molecule has 2 aliphatic heterocycles. The van der Waals surface area contributed by atoms with Gasteiger partial charge in [0.2, 0.25) is 17.7 Å². The lowest BCUT2D eigenvalue weighted by molar-refractivity contribution is -0.154. The number of hydrogen-bond donors (Lipinski definition) is 4. The summed E-state index contributed by atoms with van der Waals surface area (Å²) >= 11 is 4.32. The minimum atomic E-state index is -1.32. The van der Waals surface area contributed by atoms with Crippen molar-refractivity contribution in [2.45, 2.75) is 56.7 Å². The van der Waals surface area contributed by atoms with E-state index < -0.39 is 28.6 Å². The normalized spacial score (nSPS) is 17.9. The molecule has 3 rings (SSSR count). The van der Waals surface area contributed by atoms with Gasteiger partial charge in [-0.15, -0.1) is 0 Å². The Morgan fingerprint density at radius 1 is 1.26 bits per heavy atom. The fourth-order valence-electron chi connectivity index (χ4n) is 3.71. The molecule has 2 heterocycles. The average molecular weight is 494 g/mol. The van der Waals surface area contributed by atoms with Gasteiger partial charge in [-0.3, -0.25) is 19.3 Å². The van der Waals surface area contributed by atoms with E-state index in [1.165, 1.54) is 12.1 Å². The van der Waals surface area contributed by atoms with E-state index in [0.717, 1.165) is 4.90 Å². The zero-order valence-corrected chi connectivity index (χ0v) is 19.8. The third kappa shape index (κ3) is 6.19. The lowest BCUT2D eigenvalue weighted by Gasteiger charge is -2.23. The van der Waals surface area contributed by atoms with Gasteiger partial charge < -0.3 is 19.7 Å². The second kappa shape index (κ2) is 10.3. The number of aromatic hydroxyl groups is 1. The Morgan fingerprint density at radius 3 is 2.56 bits per heavy atom. The molecule has 34 heavy (non-hydrogen) atoms. The Kier molecular flexibility index (Phi) is 7.70. The van der Waals surface area contributed by atoms with Crippen LogP contribution in [0.2, 0.25) is 0 Å². The van der Waals surface area contributed by atoms with E-state index in [0.29, 0.717) is 23.4 Å². The minimum absolute atomic E-state index is 0.00372. The monoisotopic (exact) mass is 493 g/mol. The molecule has 3 N–H and O–H groups in total. The summed E-state index contributed by atoms with van der Waals surface area (Å²) in [4.78, 5) is 48.1. The summed E-state index contributed by atoms with van der Waals surface area (Å²) in [6.07, 6.45) is 0.392. The van der Waals surface area contributed by atoms with Crippen molar-refractivity contribution in [3.05, 3.63) is 17.7 Å². The number of nitrogens with zero attached hydrogens (tertiary/aromatic N) is 2. The molecule has 184 valence electrons. The van der Waals surface area contributed by atoms with E-state index >= 15 is 0 Å². The Balaban J connectivity index is 1.68. The molecule has 11 nitrogen and oxygen atoms in total. The first-order valence-electron chi connectivity index (χ1n) is 10.7. The molecule has 1 saturated heterocycles. The van der Waals surface area contributed by atoms with Crippen molar-refractivity contribution < 1.29 is 38.9 Å². The SMILES string of the molecule is CC(C)(S)CC(=O)NN=C1CCOc2cc(OCCC(C(=O)O)N3C(=O)CCC3=O)cc(O)c21. The van der Waals surface area contributed by atoms with Crippen molar-refractivity contribution in [2.24, 2.45) is 5.10 Å². The number of carbonyl (C=O) groups excluding carboxylic acids is 3. The van der Waals surface area contributed by atoms with Gasteiger partial charge in [0.1, 0.15) is 23.3 Å². The number of likely N-dealkylation sites (tertiary alicyclic amines) is 1. The first-order chi connectivity index (χ1) is 16.0. The van der Waals surface area contributed by atoms with Crippen LogP contribution in [-0.2, 0) is 19.2 Å². The van der Waals surface area contributed by atoms with Gasteiger partial charge in [0.25, 0.3) is 0 Å². The fraction of sp³-hybridized carbons (Fsp3) is 0.500. The van der Waals surface area contributed by atoms with Crippen molar-refractivity contribution in [1.82, 2.24) is 10.3 Å². The molecule has 1 aromatic carbocycles. The Bertz CT molecular complexity index is 1020. The third-order valence-corrected chi connectivity index (χ3v) is 5.35. The lowest BCUT2D eigenvalue weighted by atomic mass is 10.0. The number of imide groups is 1. The van der Waals surface area contributed by atoms with E-state index in [1.54, 1.807) is 13.8 Å². The molecule has 0 radical (unpaired) electrons. The number of thiol groups is 1. The summed E-state index contributed by atoms with van der Waals surface area (Å²) in [6.45, 7) is 3.75. The maximum Gasteiger partial charge on any atom is 0.327 e. The average Bonchev–Trinajstić information content (AvgIpc) is 3.06. The van der Waals surface area contributed by atoms with Gasteiger partial charge >= 0.3 is 5.97 Å². The van der Waals surface area contributed by atoms with Crippen LogP contribution in [0.15, 0.2) is 17.2 Å². The predicted molar refractivity (Wildman–Crippen MR) is 123 cm³/mol. The summed E-state index contributed by atoms with van der Waals surface area (Å²) in [7, 11) is 0. The smallest absolute Gasteiger partial charge is 0.327 e. The van der Waals surface area contributed by atoms with Gasteiger partial charge in [0.15, 0.2) is 0 Å². The van der Waals surface area contributed by atoms with Crippen LogP contribution in [0.4, 0.5) is 0 Å². The van der Waals surface area contributed by atoms with E-state index in [4.69, 9.17) is 9.47 Å². The number of carboxylic acid groups (broad SMARTS) is 1. The number of phenols is 1. The molecule has 1 atom stereocenters. The molecular weight excluding hydrogens is 466 g/mol. The van der Waals surface area contributed by atoms with Gasteiger partial charge in [-0.1, -0.05) is 13.8 Å². The first kappa shape index (κ1) is 25.3. The van der Waals surface area contributed by atoms with Gasteiger partial charge in [-0.05, 0) is 0 Å². The van der Waals surface area contributed by atoms with Crippen LogP contribution in [0.1, 0.15) is 51.5 Å². The molecule has 3 amide bonds. The van der Waals surface area contributed by atoms with Crippen molar-refractivity contribution in [2.75, 3.05) is 13.2 Å². The maximum absolute atomic E-state index is 12.0. The number of ether oxygens (including phenoxy) is 2. The molecule has 0 bridgehead atoms. The van der Waals surface area contributed by atoms with Gasteiger partial charge in [0.05, 0.1) is 24.5 Å². The van der Waals surface area contributed by atoms with Crippen LogP contribution in [0.3, 0.4) is 0 Å². The van der Waals surface area contributed by atoms with Crippen LogP contribution < -0.4 is 14.9 Å². The highest BCUT2D eigenvalue weighted by Crippen LogP contribution is 2.37. The number of carbonyl (C=O) groups is 4. The van der Waals surface area contributed by atoms with E-state index in [1.807, 2.05) is 0 Å². The predicted octanol–water partition coefficient (Wildman–Crippen LogP) is 1.46. The minimum Gasteiger partial charge on any atom is -0.507 e. The maximum atomic E-state index is 12.0. The molecule has 0 spiro atoms. The molecule has 0 saturated carbocycles. The largest absolute Gasteiger partial charge is 0.507 e. The van der Waals surface area contributed by atoms with Crippen LogP contribution in [0.25, 0.3) is 0 Å². The molecule has 2 aliphatic rings. The molecule has 0 aromatic heterocycles. The van der Waals surface area contributed by atoms with Gasteiger partial charge in [-0.25, -0.2) is 10.2 Å². The molecule has 0 aliphatic carbocycles. The summed E-state index contributed by atoms with van der Waals surface area (Å²) in [5, 5.41) is 24.1. The van der Waals surface area contributed by atoms with Gasteiger partial charge in [0, 0.05) is 49.0 Å². The van der Waals surface area contributed by atoms with E-state index in [9.17, 15) is 29.4 Å². The number of nitrogens with one attached hydrogen (secondary N) is 1. The highest BCUT2D eigenvalue weighted by molar-refractivity contribution is 7.81. The van der Waals surface area contributed by atoms with Crippen molar-refractivity contribution in [3.8, 4) is 17.2 Å². The van der Waals surface area contributed by atoms with Crippen molar-refractivity contribution >= 4 is 42.0 Å². The molecular formula is C22H27N3O8S. The van der Waals surface area contributed by atoms with Crippen LogP contribution in [-0.4, -0.2) is 68.5 Å². The van der Waals surface area contributed by atoms with E-state index in [2.05, 4.69) is 23.2 Å². The van der Waals surface area contributed by atoms with Crippen molar-refractivity contribution in [1.29, 1.82) is 0 Å². The topological polar surface area (TPSA) is 155 Å². The summed E-state index contributed by atoms with van der Waals surface area (Å²) in [5.74, 6) is -2.33. The Morgan fingerprint density at radius 2 is 1.94 bits per heavy atom. The number of hydrogen-bond acceptors (Lipinski definition) is 9. The summed E-state index contributed by atoms with van der Waals surface area (Å²) in [5.41, 5.74) is 3.23. The molecule has 1 unspecified atom stereocenters. The molecule has 1 aromatic rings. The molecule has 12 heteroatoms. The van der Waals surface area contributed by atoms with Crippen LogP contribution >= 0.6 is 12.6 Å². The van der Waals surface area contributed by atoms with Crippen LogP contribution in [0, 0.1) is 0 Å². The second-order valence-corrected chi connectivity index (χ2v) is 9.86. The Labute approximate surface area is 201 Å². The quantitative estimate of drug-likeness (QED) is 0.229. The second-order valence-electron chi connectivity index (χ2n) is 8.65. The zero-order valence-electron chi connectivity index (χ0n) is 18.9. The van der Waals surface area contributed by atoms with Gasteiger partial charge in [-0.2, -0.15) is 17.7 Å². The number of hydrazone groups is 1. The molecule has 1 fully saturated rings. The highest BCUT2D eigenvalue weighted by Gasteiger charge is 2.38. The number of phenolic OH excluding ortho intramolecular Hbond substituents is 1. The summed E-state index contributed by atoms with van der Waals surface area (Å²) in [6, 6.07) is 1.52. The number of carboxylic acids is 1. The van der Waals surface area contributed by atoms with Crippen molar-refractivity contribution in [3.63, 3.8) is 0 Å². The van der Waals surface area contributed by atoms with Crippen LogP contribution in [0.5, 0.6) is 17.2 Å². The lowest BCUT2D eigenvalue weighted by Crippen LogP contribution is -2.45. The van der Waals surface area contributed by atoms with E-state index in [-0.39, 0.29) is 56.3 Å². The third-order valence-electron chi connectivity index (χ3n) is 5.20. The first-order valence-corrected chi connectivity index (χ1v) is 11.2. The number of benzene rings is 1. The number of rotatable bonds is 9. The standard InChI is InChI=1S/C22H27N3O8S/c1-22(2,34)11-17(27)24-23-13-5-7-33-16-10-12(9-15(26)20(13)16)32-8-6-14(21(30)31)25-18(28)3-4-19(25)29/h9-10,14,26,34H,3-8,11H2,1-2H3,(H,24,27)(H,30,31). The number of aliphatic carboxylic acids is 1. The summed E-state index contributed by atoms with van der Waals surface area (Å²) < 4.78 is 10.7. The Hall–Kier alpha value is -3.28. The number of fused-ring (bicyclic) bond motifs is 1. The zero-order chi connectivity index (χ0) is 25.0. The number of amides is 3. The highest BCUT2D eigenvalue weighted by atomic mass is 32.1. The fourth-order valence-corrected chi connectivity index (χ4v) is 3.86.